The highest BCUT2D eigenvalue weighted by atomic mass is 16.2. The molecule has 3 amide bonds. The molecule has 7 heteroatoms. The summed E-state index contributed by atoms with van der Waals surface area (Å²) in [5.74, 6) is 0.314. The van der Waals surface area contributed by atoms with E-state index < -0.39 is 0 Å². The van der Waals surface area contributed by atoms with Gasteiger partial charge in [-0.25, -0.2) is 4.98 Å². The molecule has 5 aliphatic rings. The first kappa shape index (κ1) is 17.4. The van der Waals surface area contributed by atoms with Gasteiger partial charge in [0, 0.05) is 32.4 Å². The van der Waals surface area contributed by atoms with Crippen molar-refractivity contribution in [3.63, 3.8) is 0 Å². The molecule has 28 heavy (non-hydrogen) atoms. The topological polar surface area (TPSA) is 73.8 Å². The number of piperazine rings is 1. The fraction of sp³-hybridized carbons (Fsp3) is 0.524. The van der Waals surface area contributed by atoms with Crippen LogP contribution in [0.5, 0.6) is 0 Å². The van der Waals surface area contributed by atoms with Crippen LogP contribution in [0.1, 0.15) is 12.8 Å². The largest absolute Gasteiger partial charge is 0.353 e. The van der Waals surface area contributed by atoms with E-state index in [1.54, 1.807) is 11.1 Å². The third-order valence-corrected chi connectivity index (χ3v) is 6.75. The van der Waals surface area contributed by atoms with Crippen LogP contribution in [-0.4, -0.2) is 65.2 Å². The van der Waals surface area contributed by atoms with E-state index in [0.717, 1.165) is 18.7 Å². The molecule has 4 atom stereocenters. The molecule has 2 bridgehead atoms. The second-order valence-corrected chi connectivity index (χ2v) is 8.16. The van der Waals surface area contributed by atoms with E-state index in [1.165, 1.54) is 4.90 Å². The molecule has 6 rings (SSSR count). The summed E-state index contributed by atoms with van der Waals surface area (Å²) in [4.78, 5) is 48.1. The molecule has 0 radical (unpaired) electrons. The molecule has 146 valence electrons. The monoisotopic (exact) mass is 380 g/mol. The zero-order chi connectivity index (χ0) is 19.3. The van der Waals surface area contributed by atoms with Crippen LogP contribution in [0.25, 0.3) is 0 Å². The number of nitrogens with zero attached hydrogens (tertiary/aromatic N) is 4. The average molecular weight is 380 g/mol. The molecule has 0 aromatic carbocycles. The molecule has 1 aromatic heterocycles. The van der Waals surface area contributed by atoms with Crippen LogP contribution in [-0.2, 0) is 14.4 Å². The molecule has 1 saturated carbocycles. The highest BCUT2D eigenvalue weighted by Gasteiger charge is 2.56. The number of amides is 3. The zero-order valence-electron chi connectivity index (χ0n) is 15.7. The van der Waals surface area contributed by atoms with E-state index in [9.17, 15) is 14.4 Å². The molecule has 3 aliphatic carbocycles. The van der Waals surface area contributed by atoms with Gasteiger partial charge in [0.1, 0.15) is 12.4 Å². The summed E-state index contributed by atoms with van der Waals surface area (Å²) in [6.45, 7) is 2.43. The number of fused-ring (bicyclic) bond motifs is 1. The fourth-order valence-electron chi connectivity index (χ4n) is 5.25. The molecular formula is C21H24N4O3. The SMILES string of the molecule is O=C(CN1C(=O)[C@H]2[C@H](C1=O)[C@H]1C=C[C@H]2CC1)N1CCN(c2ccccn2)CC1. The van der Waals surface area contributed by atoms with Crippen molar-refractivity contribution in [2.45, 2.75) is 12.8 Å². The molecule has 0 unspecified atom stereocenters. The molecule has 3 heterocycles. The van der Waals surface area contributed by atoms with Crippen LogP contribution < -0.4 is 4.90 Å². The van der Waals surface area contributed by atoms with Crippen molar-refractivity contribution in [2.24, 2.45) is 23.7 Å². The van der Waals surface area contributed by atoms with Gasteiger partial charge in [0.15, 0.2) is 0 Å². The van der Waals surface area contributed by atoms with Crippen molar-refractivity contribution in [3.05, 3.63) is 36.5 Å². The Morgan fingerprint density at radius 3 is 2.14 bits per heavy atom. The number of aromatic nitrogens is 1. The minimum atomic E-state index is -0.245. The molecule has 3 fully saturated rings. The van der Waals surface area contributed by atoms with Crippen LogP contribution in [0.4, 0.5) is 5.82 Å². The normalized spacial score (nSPS) is 31.5. The number of allylic oxidation sites excluding steroid dienone is 2. The summed E-state index contributed by atoms with van der Waals surface area (Å²) in [5, 5.41) is 0. The number of rotatable bonds is 3. The van der Waals surface area contributed by atoms with E-state index in [-0.39, 0.29) is 47.9 Å². The Balaban J connectivity index is 1.22. The van der Waals surface area contributed by atoms with E-state index in [4.69, 9.17) is 0 Å². The van der Waals surface area contributed by atoms with Gasteiger partial charge in [0.2, 0.25) is 17.7 Å². The van der Waals surface area contributed by atoms with E-state index in [2.05, 4.69) is 22.0 Å². The summed E-state index contributed by atoms with van der Waals surface area (Å²) in [7, 11) is 0. The second kappa shape index (κ2) is 6.72. The lowest BCUT2D eigenvalue weighted by Gasteiger charge is -2.38. The van der Waals surface area contributed by atoms with Gasteiger partial charge in [0.25, 0.3) is 0 Å². The first-order valence-corrected chi connectivity index (χ1v) is 10.1. The van der Waals surface area contributed by atoms with Crippen molar-refractivity contribution in [1.29, 1.82) is 0 Å². The molecule has 0 spiro atoms. The van der Waals surface area contributed by atoms with Crippen molar-refractivity contribution in [3.8, 4) is 0 Å². The minimum absolute atomic E-state index is 0.117. The molecule has 7 nitrogen and oxygen atoms in total. The number of imide groups is 1. The number of hydrogen-bond donors (Lipinski definition) is 0. The highest BCUT2D eigenvalue weighted by Crippen LogP contribution is 2.49. The van der Waals surface area contributed by atoms with Crippen LogP contribution >= 0.6 is 0 Å². The summed E-state index contributed by atoms with van der Waals surface area (Å²) < 4.78 is 0. The molecule has 2 aliphatic heterocycles. The quantitative estimate of drug-likeness (QED) is 0.576. The summed E-state index contributed by atoms with van der Waals surface area (Å²) in [6.07, 6.45) is 7.90. The predicted octanol–water partition coefficient (Wildman–Crippen LogP) is 0.927. The van der Waals surface area contributed by atoms with Gasteiger partial charge in [-0.15, -0.1) is 0 Å². The Kier molecular flexibility index (Phi) is 4.18. The maximum Gasteiger partial charge on any atom is 0.242 e. The van der Waals surface area contributed by atoms with Gasteiger partial charge >= 0.3 is 0 Å². The number of carbonyl (C=O) groups is 3. The lowest BCUT2D eigenvalue weighted by atomic mass is 9.63. The Morgan fingerprint density at radius 1 is 0.964 bits per heavy atom. The number of anilines is 1. The van der Waals surface area contributed by atoms with Gasteiger partial charge in [-0.1, -0.05) is 18.2 Å². The van der Waals surface area contributed by atoms with Gasteiger partial charge in [0.05, 0.1) is 11.8 Å². The number of pyridine rings is 1. The number of carbonyl (C=O) groups excluding carboxylic acids is 3. The van der Waals surface area contributed by atoms with E-state index in [1.807, 2.05) is 18.2 Å². The van der Waals surface area contributed by atoms with Crippen LogP contribution in [0, 0.1) is 23.7 Å². The van der Waals surface area contributed by atoms with Gasteiger partial charge < -0.3 is 9.80 Å². The van der Waals surface area contributed by atoms with E-state index in [0.29, 0.717) is 26.2 Å². The highest BCUT2D eigenvalue weighted by molar-refractivity contribution is 6.08. The third kappa shape index (κ3) is 2.72. The van der Waals surface area contributed by atoms with Crippen molar-refractivity contribution in [2.75, 3.05) is 37.6 Å². The van der Waals surface area contributed by atoms with E-state index >= 15 is 0 Å². The standard InChI is InChI=1S/C21H24N4O3/c26-17(24-11-9-23(10-12-24)16-3-1-2-8-22-16)13-25-20(27)18-14-4-5-15(7-6-14)19(18)21(25)28/h1-5,8,14-15,18-19H,6-7,9-13H2/t14-,15-,18+,19+/m0/s1. The zero-order valence-corrected chi connectivity index (χ0v) is 15.7. The minimum Gasteiger partial charge on any atom is -0.353 e. The third-order valence-electron chi connectivity index (χ3n) is 6.75. The molecule has 0 N–H and O–H groups in total. The predicted molar refractivity (Wildman–Crippen MR) is 102 cm³/mol. The van der Waals surface area contributed by atoms with Crippen molar-refractivity contribution < 1.29 is 14.4 Å². The smallest absolute Gasteiger partial charge is 0.242 e. The average Bonchev–Trinajstić information content (AvgIpc) is 3.02. The molecule has 2 saturated heterocycles. The Bertz CT molecular complexity index is 799. The van der Waals surface area contributed by atoms with Crippen LogP contribution in [0.3, 0.4) is 0 Å². The van der Waals surface area contributed by atoms with Gasteiger partial charge in [-0.3, -0.25) is 19.3 Å². The van der Waals surface area contributed by atoms with Crippen molar-refractivity contribution >= 4 is 23.5 Å². The van der Waals surface area contributed by atoms with Crippen LogP contribution in [0.15, 0.2) is 36.5 Å². The summed E-state index contributed by atoms with van der Waals surface area (Å²) in [5.41, 5.74) is 0. The van der Waals surface area contributed by atoms with Gasteiger partial charge in [-0.2, -0.15) is 0 Å². The van der Waals surface area contributed by atoms with Crippen LogP contribution in [0.2, 0.25) is 0 Å². The second-order valence-electron chi connectivity index (χ2n) is 8.16. The lowest BCUT2D eigenvalue weighted by Crippen LogP contribution is -2.52. The number of hydrogen-bond acceptors (Lipinski definition) is 5. The Hall–Kier alpha value is -2.70. The molecular weight excluding hydrogens is 356 g/mol. The maximum atomic E-state index is 12.9. The summed E-state index contributed by atoms with van der Waals surface area (Å²) >= 11 is 0. The van der Waals surface area contributed by atoms with Crippen molar-refractivity contribution in [1.82, 2.24) is 14.8 Å². The lowest BCUT2D eigenvalue weighted by molar-refractivity contribution is -0.146. The fourth-order valence-corrected chi connectivity index (χ4v) is 5.25. The number of likely N-dealkylation sites (tertiary alicyclic amines) is 1. The summed E-state index contributed by atoms with van der Waals surface area (Å²) in [6, 6.07) is 5.79. The molecule has 1 aromatic rings. The first-order chi connectivity index (χ1) is 13.6. The van der Waals surface area contributed by atoms with Gasteiger partial charge in [-0.05, 0) is 36.8 Å². The Morgan fingerprint density at radius 2 is 1.61 bits per heavy atom. The Labute approximate surface area is 164 Å². The maximum absolute atomic E-state index is 12.9. The first-order valence-electron chi connectivity index (χ1n) is 10.1.